The van der Waals surface area contributed by atoms with Gasteiger partial charge in [0.25, 0.3) is 0 Å². The highest BCUT2D eigenvalue weighted by Gasteiger charge is 2.06. The molecular weight excluding hydrogens is 505 g/mol. The number of aromatic hydroxyl groups is 1. The number of hydrogen-bond acceptors (Lipinski definition) is 4. The van der Waals surface area contributed by atoms with Gasteiger partial charge in [0.1, 0.15) is 11.5 Å². The Morgan fingerprint density at radius 2 is 1.90 bits per heavy atom. The number of ether oxygens (including phenoxy) is 1. The molecule has 3 N–H and O–H groups in total. The number of aromatic nitrogens is 2. The van der Waals surface area contributed by atoms with E-state index in [0.717, 1.165) is 30.2 Å². The molecule has 31 heavy (non-hydrogen) atoms. The molecular formula is C23H30IN5O2. The first kappa shape index (κ1) is 24.5. The van der Waals surface area contributed by atoms with Crippen molar-refractivity contribution >= 4 is 29.9 Å². The number of halogens is 1. The van der Waals surface area contributed by atoms with Crippen molar-refractivity contribution in [3.8, 4) is 11.5 Å². The molecule has 8 heteroatoms. The van der Waals surface area contributed by atoms with E-state index in [-0.39, 0.29) is 29.7 Å². The lowest BCUT2D eigenvalue weighted by atomic mass is 10.1. The van der Waals surface area contributed by atoms with Gasteiger partial charge in [-0.05, 0) is 42.2 Å². The number of hydrogen-bond donors (Lipinski definition) is 3. The fourth-order valence-corrected chi connectivity index (χ4v) is 3.14. The van der Waals surface area contributed by atoms with Gasteiger partial charge in [0, 0.05) is 31.5 Å². The Labute approximate surface area is 200 Å². The number of benzene rings is 2. The molecule has 0 unspecified atom stereocenters. The van der Waals surface area contributed by atoms with Crippen LogP contribution < -0.4 is 15.4 Å². The number of rotatable bonds is 9. The summed E-state index contributed by atoms with van der Waals surface area (Å²) in [5, 5.41) is 21.0. The van der Waals surface area contributed by atoms with E-state index < -0.39 is 0 Å². The summed E-state index contributed by atoms with van der Waals surface area (Å²) in [6.07, 6.45) is 4.42. The van der Waals surface area contributed by atoms with E-state index in [1.165, 1.54) is 5.56 Å². The van der Waals surface area contributed by atoms with Gasteiger partial charge >= 0.3 is 0 Å². The largest absolute Gasteiger partial charge is 0.508 e. The van der Waals surface area contributed by atoms with Crippen LogP contribution in [0.3, 0.4) is 0 Å². The van der Waals surface area contributed by atoms with Gasteiger partial charge in [0.05, 0.1) is 20.2 Å². The van der Waals surface area contributed by atoms with Crippen LogP contribution >= 0.6 is 24.0 Å². The monoisotopic (exact) mass is 535 g/mol. The van der Waals surface area contributed by atoms with Gasteiger partial charge in [0.2, 0.25) is 0 Å². The molecule has 0 fully saturated rings. The van der Waals surface area contributed by atoms with Crippen molar-refractivity contribution in [2.75, 3.05) is 20.2 Å². The number of guanidine groups is 1. The Hall–Kier alpha value is -2.75. The Morgan fingerprint density at radius 3 is 2.58 bits per heavy atom. The number of phenolic OH excluding ortho intramolecular Hbond substituents is 1. The maximum Gasteiger partial charge on any atom is 0.191 e. The van der Waals surface area contributed by atoms with Crippen LogP contribution in [0.2, 0.25) is 0 Å². The molecule has 0 amide bonds. The second-order valence-electron chi connectivity index (χ2n) is 6.84. The molecule has 0 atom stereocenters. The van der Waals surface area contributed by atoms with Crippen LogP contribution in [0.4, 0.5) is 0 Å². The highest BCUT2D eigenvalue weighted by Crippen LogP contribution is 2.23. The number of nitrogens with one attached hydrogen (secondary N) is 2. The first-order chi connectivity index (χ1) is 14.7. The highest BCUT2D eigenvalue weighted by molar-refractivity contribution is 14.0. The maximum atomic E-state index is 10.1. The fourth-order valence-electron chi connectivity index (χ4n) is 3.14. The van der Waals surface area contributed by atoms with Crippen LogP contribution in [-0.4, -0.2) is 41.0 Å². The molecule has 0 radical (unpaired) electrons. The summed E-state index contributed by atoms with van der Waals surface area (Å²) in [7, 11) is 1.59. The van der Waals surface area contributed by atoms with E-state index in [1.54, 1.807) is 19.4 Å². The average Bonchev–Trinajstić information content (AvgIpc) is 3.27. The van der Waals surface area contributed by atoms with E-state index in [9.17, 15) is 5.11 Å². The highest BCUT2D eigenvalue weighted by atomic mass is 127. The molecule has 0 bridgehead atoms. The third kappa shape index (κ3) is 7.46. The Morgan fingerprint density at radius 1 is 1.10 bits per heavy atom. The summed E-state index contributed by atoms with van der Waals surface area (Å²) < 4.78 is 7.04. The summed E-state index contributed by atoms with van der Waals surface area (Å²) >= 11 is 0. The molecule has 0 aliphatic heterocycles. The predicted octanol–water partition coefficient (Wildman–Crippen LogP) is 3.56. The molecule has 2 aromatic carbocycles. The minimum Gasteiger partial charge on any atom is -0.508 e. The molecule has 0 aliphatic rings. The van der Waals surface area contributed by atoms with Gasteiger partial charge in [-0.2, -0.15) is 5.10 Å². The van der Waals surface area contributed by atoms with E-state index in [4.69, 9.17) is 9.73 Å². The zero-order chi connectivity index (χ0) is 21.2. The van der Waals surface area contributed by atoms with E-state index in [2.05, 4.69) is 27.9 Å². The number of aliphatic imine (C=N–C) groups is 1. The van der Waals surface area contributed by atoms with Crippen molar-refractivity contribution in [1.82, 2.24) is 20.4 Å². The Balaban J connectivity index is 0.00000341. The molecule has 166 valence electrons. The third-order valence-corrected chi connectivity index (χ3v) is 4.74. The quantitative estimate of drug-likeness (QED) is 0.222. The van der Waals surface area contributed by atoms with Crippen molar-refractivity contribution < 1.29 is 9.84 Å². The van der Waals surface area contributed by atoms with Crippen LogP contribution in [0.25, 0.3) is 0 Å². The first-order valence-corrected chi connectivity index (χ1v) is 10.1. The van der Waals surface area contributed by atoms with Crippen LogP contribution in [0.5, 0.6) is 11.5 Å². The first-order valence-electron chi connectivity index (χ1n) is 10.1. The Bertz CT molecular complexity index is 960. The molecule has 1 aromatic heterocycles. The van der Waals surface area contributed by atoms with Gasteiger partial charge < -0.3 is 20.5 Å². The summed E-state index contributed by atoms with van der Waals surface area (Å²) in [4.78, 5) is 4.74. The van der Waals surface area contributed by atoms with E-state index in [1.807, 2.05) is 48.1 Å². The summed E-state index contributed by atoms with van der Waals surface area (Å²) in [5.41, 5.74) is 3.23. The van der Waals surface area contributed by atoms with Crippen LogP contribution in [0, 0.1) is 0 Å². The van der Waals surface area contributed by atoms with Gasteiger partial charge in [-0.25, -0.2) is 4.99 Å². The van der Waals surface area contributed by atoms with Crippen molar-refractivity contribution in [3.05, 3.63) is 77.6 Å². The predicted molar refractivity (Wildman–Crippen MR) is 134 cm³/mol. The van der Waals surface area contributed by atoms with Crippen LogP contribution in [0.15, 0.2) is 65.9 Å². The van der Waals surface area contributed by atoms with Crippen LogP contribution in [-0.2, 0) is 19.5 Å². The fraction of sp³-hybridized carbons (Fsp3) is 0.304. The SMILES string of the molecule is CCNC(=NCc1ccccc1Cn1cccn1)NCCc1ccc(OC)cc1O.I. The molecule has 3 rings (SSSR count). The van der Waals surface area contributed by atoms with Gasteiger partial charge in [-0.15, -0.1) is 24.0 Å². The second-order valence-corrected chi connectivity index (χ2v) is 6.84. The maximum absolute atomic E-state index is 10.1. The zero-order valence-electron chi connectivity index (χ0n) is 17.9. The van der Waals surface area contributed by atoms with Gasteiger partial charge in [0.15, 0.2) is 5.96 Å². The minimum absolute atomic E-state index is 0. The lowest BCUT2D eigenvalue weighted by molar-refractivity contribution is 0.406. The van der Waals surface area contributed by atoms with E-state index >= 15 is 0 Å². The average molecular weight is 535 g/mol. The summed E-state index contributed by atoms with van der Waals surface area (Å²) in [6, 6.07) is 15.6. The summed E-state index contributed by atoms with van der Waals surface area (Å²) in [5.74, 6) is 1.64. The molecule has 0 saturated carbocycles. The smallest absolute Gasteiger partial charge is 0.191 e. The topological polar surface area (TPSA) is 83.7 Å². The van der Waals surface area contributed by atoms with Crippen molar-refractivity contribution in [1.29, 1.82) is 0 Å². The molecule has 0 spiro atoms. The number of nitrogens with zero attached hydrogens (tertiary/aromatic N) is 3. The van der Waals surface area contributed by atoms with Crippen molar-refractivity contribution in [2.45, 2.75) is 26.4 Å². The van der Waals surface area contributed by atoms with Crippen molar-refractivity contribution in [2.24, 2.45) is 4.99 Å². The normalized spacial score (nSPS) is 11.0. The lowest BCUT2D eigenvalue weighted by Gasteiger charge is -2.13. The Kier molecular flexibility index (Phi) is 10.2. The molecule has 0 aliphatic carbocycles. The second kappa shape index (κ2) is 12.8. The lowest BCUT2D eigenvalue weighted by Crippen LogP contribution is -2.38. The summed E-state index contributed by atoms with van der Waals surface area (Å²) in [6.45, 7) is 4.76. The van der Waals surface area contributed by atoms with Crippen LogP contribution in [0.1, 0.15) is 23.6 Å². The number of phenols is 1. The molecule has 7 nitrogen and oxygen atoms in total. The molecule has 0 saturated heterocycles. The van der Waals surface area contributed by atoms with Gasteiger partial charge in [-0.3, -0.25) is 4.68 Å². The minimum atomic E-state index is 0. The van der Waals surface area contributed by atoms with Gasteiger partial charge in [-0.1, -0.05) is 30.3 Å². The number of methoxy groups -OCH3 is 1. The standard InChI is InChI=1S/C23H29N5O2.HI/c1-3-24-23(25-13-11-18-9-10-21(30-2)15-22(18)29)26-16-19-7-4-5-8-20(19)17-28-14-6-12-27-28;/h4-10,12,14-15,29H,3,11,13,16-17H2,1-2H3,(H2,24,25,26);1H. The molecule has 3 aromatic rings. The van der Waals surface area contributed by atoms with E-state index in [0.29, 0.717) is 25.3 Å². The molecule has 1 heterocycles. The zero-order valence-corrected chi connectivity index (χ0v) is 20.2. The van der Waals surface area contributed by atoms with Crippen molar-refractivity contribution in [3.63, 3.8) is 0 Å². The third-order valence-electron chi connectivity index (χ3n) is 4.74.